The maximum atomic E-state index is 11.6. The topological polar surface area (TPSA) is 62.5 Å². The summed E-state index contributed by atoms with van der Waals surface area (Å²) in [5, 5.41) is 11.6. The molecule has 1 aromatic heterocycles. The monoisotopic (exact) mass is 289 g/mol. The van der Waals surface area contributed by atoms with Gasteiger partial charge in [-0.3, -0.25) is 4.79 Å². The zero-order valence-electron chi connectivity index (χ0n) is 9.20. The molecular weight excluding hydrogens is 274 g/mol. The number of aliphatic hydroxyl groups is 1. The van der Waals surface area contributed by atoms with E-state index in [1.54, 1.807) is 12.1 Å². The summed E-state index contributed by atoms with van der Waals surface area (Å²) in [6, 6.07) is 3.30. The first-order chi connectivity index (χ1) is 7.67. The molecule has 0 aliphatic heterocycles. The van der Waals surface area contributed by atoms with E-state index in [-0.39, 0.29) is 12.5 Å². The van der Waals surface area contributed by atoms with Crippen molar-refractivity contribution in [1.29, 1.82) is 0 Å². The molecule has 1 amide bonds. The molecule has 0 saturated heterocycles. The second-order valence-electron chi connectivity index (χ2n) is 3.60. The van der Waals surface area contributed by atoms with Gasteiger partial charge in [0.05, 0.1) is 0 Å². The smallest absolute Gasteiger partial charge is 0.287 e. The van der Waals surface area contributed by atoms with Gasteiger partial charge in [0.2, 0.25) is 0 Å². The van der Waals surface area contributed by atoms with Crippen LogP contribution in [0.25, 0.3) is 0 Å². The van der Waals surface area contributed by atoms with E-state index < -0.39 is 0 Å². The fraction of sp³-hybridized carbons (Fsp3) is 0.545. The third-order valence-electron chi connectivity index (χ3n) is 2.46. The number of halogens is 1. The minimum absolute atomic E-state index is 0.153. The number of hydrogen-bond acceptors (Lipinski definition) is 3. The summed E-state index contributed by atoms with van der Waals surface area (Å²) in [5.74, 6) is 0.389. The van der Waals surface area contributed by atoms with Gasteiger partial charge in [0, 0.05) is 13.2 Å². The van der Waals surface area contributed by atoms with Crippen molar-refractivity contribution in [2.75, 3.05) is 13.2 Å². The number of furan rings is 1. The lowest BCUT2D eigenvalue weighted by Gasteiger charge is -2.13. The molecule has 0 spiro atoms. The van der Waals surface area contributed by atoms with Gasteiger partial charge in [0.25, 0.3) is 5.91 Å². The van der Waals surface area contributed by atoms with Crippen LogP contribution in [0.15, 0.2) is 21.2 Å². The average Bonchev–Trinajstić information content (AvgIpc) is 2.70. The maximum absolute atomic E-state index is 11.6. The van der Waals surface area contributed by atoms with Crippen LogP contribution in [0.5, 0.6) is 0 Å². The maximum Gasteiger partial charge on any atom is 0.287 e. The molecule has 0 radical (unpaired) electrons. The molecule has 0 aliphatic rings. The Kier molecular flexibility index (Phi) is 5.55. The Morgan fingerprint density at radius 3 is 2.88 bits per heavy atom. The van der Waals surface area contributed by atoms with Gasteiger partial charge in [0.1, 0.15) is 0 Å². The Morgan fingerprint density at radius 1 is 1.62 bits per heavy atom. The molecule has 1 rings (SSSR count). The second-order valence-corrected chi connectivity index (χ2v) is 4.38. The molecule has 5 heteroatoms. The van der Waals surface area contributed by atoms with Crippen LogP contribution in [0.4, 0.5) is 0 Å². The second kappa shape index (κ2) is 6.70. The Labute approximate surface area is 103 Å². The van der Waals surface area contributed by atoms with Crippen molar-refractivity contribution in [2.24, 2.45) is 5.92 Å². The van der Waals surface area contributed by atoms with Gasteiger partial charge in [-0.25, -0.2) is 0 Å². The number of nitrogens with one attached hydrogen (secondary N) is 1. The van der Waals surface area contributed by atoms with Crippen LogP contribution in [-0.2, 0) is 0 Å². The summed E-state index contributed by atoms with van der Waals surface area (Å²) in [6.45, 7) is 2.75. The lowest BCUT2D eigenvalue weighted by atomic mass is 10.0. The molecular formula is C11H16BrNO3. The summed E-state index contributed by atoms with van der Waals surface area (Å²) in [7, 11) is 0. The molecule has 1 aromatic rings. The van der Waals surface area contributed by atoms with Crippen molar-refractivity contribution < 1.29 is 14.3 Å². The molecule has 1 atom stereocenters. The van der Waals surface area contributed by atoms with Crippen molar-refractivity contribution in [1.82, 2.24) is 5.32 Å². The largest absolute Gasteiger partial charge is 0.444 e. The van der Waals surface area contributed by atoms with Crippen molar-refractivity contribution in [3.8, 4) is 0 Å². The van der Waals surface area contributed by atoms with Crippen molar-refractivity contribution >= 4 is 21.8 Å². The average molecular weight is 290 g/mol. The molecule has 16 heavy (non-hydrogen) atoms. The SMILES string of the molecule is CCC(CCO)CNC(=O)c1ccc(Br)o1. The van der Waals surface area contributed by atoms with Crippen LogP contribution < -0.4 is 5.32 Å². The van der Waals surface area contributed by atoms with E-state index >= 15 is 0 Å². The van der Waals surface area contributed by atoms with Gasteiger partial charge >= 0.3 is 0 Å². The quantitative estimate of drug-likeness (QED) is 0.844. The summed E-state index contributed by atoms with van der Waals surface area (Å²) in [6.07, 6.45) is 1.64. The first-order valence-corrected chi connectivity index (χ1v) is 6.11. The number of aliphatic hydroxyl groups excluding tert-OH is 1. The molecule has 0 bridgehead atoms. The van der Waals surface area contributed by atoms with Crippen LogP contribution in [0.2, 0.25) is 0 Å². The normalized spacial score (nSPS) is 12.4. The van der Waals surface area contributed by atoms with Crippen LogP contribution in [0.3, 0.4) is 0 Å². The molecule has 0 fully saturated rings. The summed E-state index contributed by atoms with van der Waals surface area (Å²) >= 11 is 3.14. The van der Waals surface area contributed by atoms with Crippen LogP contribution >= 0.6 is 15.9 Å². The minimum Gasteiger partial charge on any atom is -0.444 e. The van der Waals surface area contributed by atoms with Crippen molar-refractivity contribution in [3.63, 3.8) is 0 Å². The van der Waals surface area contributed by atoms with Gasteiger partial charge in [0.15, 0.2) is 10.4 Å². The number of carbonyl (C=O) groups excluding carboxylic acids is 1. The molecule has 0 saturated carbocycles. The zero-order valence-corrected chi connectivity index (χ0v) is 10.8. The van der Waals surface area contributed by atoms with E-state index in [9.17, 15) is 4.79 Å². The number of carbonyl (C=O) groups is 1. The van der Waals surface area contributed by atoms with Crippen molar-refractivity contribution in [2.45, 2.75) is 19.8 Å². The third kappa shape index (κ3) is 3.98. The molecule has 1 unspecified atom stereocenters. The fourth-order valence-electron chi connectivity index (χ4n) is 1.39. The fourth-order valence-corrected chi connectivity index (χ4v) is 1.70. The van der Waals surface area contributed by atoms with E-state index in [0.29, 0.717) is 29.3 Å². The third-order valence-corrected chi connectivity index (χ3v) is 2.89. The van der Waals surface area contributed by atoms with E-state index in [1.165, 1.54) is 0 Å². The summed E-state index contributed by atoms with van der Waals surface area (Å²) in [4.78, 5) is 11.6. The highest BCUT2D eigenvalue weighted by Gasteiger charge is 2.12. The number of rotatable bonds is 6. The molecule has 0 aliphatic carbocycles. The van der Waals surface area contributed by atoms with Gasteiger partial charge in [-0.2, -0.15) is 0 Å². The predicted molar refractivity (Wildman–Crippen MR) is 64.2 cm³/mol. The lowest BCUT2D eigenvalue weighted by Crippen LogP contribution is -2.29. The Hall–Kier alpha value is -0.810. The highest BCUT2D eigenvalue weighted by atomic mass is 79.9. The van der Waals surface area contributed by atoms with E-state index in [1.807, 2.05) is 6.92 Å². The van der Waals surface area contributed by atoms with Gasteiger partial charge in [-0.1, -0.05) is 13.3 Å². The highest BCUT2D eigenvalue weighted by molar-refractivity contribution is 9.10. The molecule has 1 heterocycles. The van der Waals surface area contributed by atoms with Crippen LogP contribution in [-0.4, -0.2) is 24.2 Å². The summed E-state index contributed by atoms with van der Waals surface area (Å²) in [5.41, 5.74) is 0. The minimum atomic E-state index is -0.220. The zero-order chi connectivity index (χ0) is 12.0. The Balaban J connectivity index is 2.40. The standard InChI is InChI=1S/C11H16BrNO3/c1-2-8(5-6-14)7-13-11(15)9-3-4-10(12)16-9/h3-4,8,14H,2,5-7H2,1H3,(H,13,15). The van der Waals surface area contributed by atoms with Gasteiger partial charge in [-0.15, -0.1) is 0 Å². The molecule has 2 N–H and O–H groups in total. The molecule has 0 aromatic carbocycles. The Bertz CT molecular complexity index is 338. The van der Waals surface area contributed by atoms with E-state index in [4.69, 9.17) is 9.52 Å². The van der Waals surface area contributed by atoms with Crippen LogP contribution in [0.1, 0.15) is 30.3 Å². The number of hydrogen-bond donors (Lipinski definition) is 2. The van der Waals surface area contributed by atoms with Crippen LogP contribution in [0, 0.1) is 5.92 Å². The highest BCUT2D eigenvalue weighted by Crippen LogP contribution is 2.14. The first-order valence-electron chi connectivity index (χ1n) is 5.31. The van der Waals surface area contributed by atoms with E-state index in [0.717, 1.165) is 6.42 Å². The van der Waals surface area contributed by atoms with E-state index in [2.05, 4.69) is 21.2 Å². The Morgan fingerprint density at radius 2 is 2.38 bits per heavy atom. The molecule has 4 nitrogen and oxygen atoms in total. The van der Waals surface area contributed by atoms with Gasteiger partial charge in [-0.05, 0) is 40.4 Å². The lowest BCUT2D eigenvalue weighted by molar-refractivity contribution is 0.0914. The summed E-state index contributed by atoms with van der Waals surface area (Å²) < 4.78 is 5.67. The molecule has 90 valence electrons. The first kappa shape index (κ1) is 13.3. The predicted octanol–water partition coefficient (Wildman–Crippen LogP) is 2.18. The van der Waals surface area contributed by atoms with Gasteiger partial charge < -0.3 is 14.8 Å². The van der Waals surface area contributed by atoms with Crippen molar-refractivity contribution in [3.05, 3.63) is 22.6 Å². The number of amides is 1.